The number of halogens is 1. The van der Waals surface area contributed by atoms with Gasteiger partial charge in [0.2, 0.25) is 5.95 Å². The second-order valence-electron chi connectivity index (χ2n) is 14.5. The van der Waals surface area contributed by atoms with Gasteiger partial charge in [-0.2, -0.15) is 5.10 Å². The molecule has 1 N–H and O–H groups in total. The number of benzene rings is 1. The minimum atomic E-state index is -0.184. The van der Waals surface area contributed by atoms with Gasteiger partial charge in [0.1, 0.15) is 36.8 Å². The predicted molar refractivity (Wildman–Crippen MR) is 223 cm³/mol. The lowest BCUT2D eigenvalue weighted by molar-refractivity contribution is -0.0160. The van der Waals surface area contributed by atoms with Gasteiger partial charge in [-0.25, -0.2) is 19.6 Å². The zero-order chi connectivity index (χ0) is 41.6. The van der Waals surface area contributed by atoms with Crippen molar-refractivity contribution < 1.29 is 42.6 Å². The zero-order valence-electron chi connectivity index (χ0n) is 34.8. The van der Waals surface area contributed by atoms with E-state index in [4.69, 9.17) is 59.3 Å². The van der Waals surface area contributed by atoms with Crippen LogP contribution in [0.5, 0.6) is 11.6 Å². The summed E-state index contributed by atoms with van der Waals surface area (Å²) in [5.41, 5.74) is 2.37. The molecule has 0 bridgehead atoms. The van der Waals surface area contributed by atoms with Crippen LogP contribution in [0, 0.1) is 0 Å². The van der Waals surface area contributed by atoms with E-state index in [0.717, 1.165) is 63.1 Å². The molecule has 2 fully saturated rings. The molecule has 0 amide bonds. The molecule has 0 radical (unpaired) electrons. The molecule has 0 spiro atoms. The molecule has 4 heterocycles. The summed E-state index contributed by atoms with van der Waals surface area (Å²) in [5, 5.41) is 12.9. The summed E-state index contributed by atoms with van der Waals surface area (Å²) in [6.07, 6.45) is 12.8. The quantitative estimate of drug-likeness (QED) is 0.0777. The van der Waals surface area contributed by atoms with Crippen LogP contribution in [0.2, 0.25) is 5.02 Å². The number of rotatable bonds is 28. The molecule has 1 aliphatic heterocycles. The fourth-order valence-corrected chi connectivity index (χ4v) is 7.15. The largest absolute Gasteiger partial charge is 0.487 e. The van der Waals surface area contributed by atoms with Crippen LogP contribution >= 0.6 is 11.6 Å². The van der Waals surface area contributed by atoms with E-state index in [1.54, 1.807) is 30.5 Å². The highest BCUT2D eigenvalue weighted by molar-refractivity contribution is 6.32. The molecule has 6 rings (SSSR count). The Balaban J connectivity index is 0.963. The Hall–Kier alpha value is -3.98. The van der Waals surface area contributed by atoms with Gasteiger partial charge in [-0.3, -0.25) is 9.58 Å². The summed E-state index contributed by atoms with van der Waals surface area (Å²) in [6.45, 7) is 11.9. The van der Waals surface area contributed by atoms with Gasteiger partial charge >= 0.3 is 0 Å². The average Bonchev–Trinajstić information content (AvgIpc) is 3.94. The summed E-state index contributed by atoms with van der Waals surface area (Å²) >= 11 is 6.50. The Kier molecular flexibility index (Phi) is 19.5. The third-order valence-corrected chi connectivity index (χ3v) is 10.4. The van der Waals surface area contributed by atoms with Gasteiger partial charge in [-0.05, 0) is 50.3 Å². The van der Waals surface area contributed by atoms with Crippen molar-refractivity contribution in [2.24, 2.45) is 0 Å². The van der Waals surface area contributed by atoms with Crippen LogP contribution < -0.4 is 14.8 Å². The van der Waals surface area contributed by atoms with E-state index in [-0.39, 0.29) is 12.1 Å². The number of anilines is 2. The molecular formula is C41H60ClN9O9. The van der Waals surface area contributed by atoms with Crippen molar-refractivity contribution in [3.8, 4) is 22.8 Å². The normalized spacial score (nSPS) is 17.8. The van der Waals surface area contributed by atoms with E-state index in [1.165, 1.54) is 6.33 Å². The molecule has 2 aliphatic rings. The van der Waals surface area contributed by atoms with Gasteiger partial charge in [-0.15, -0.1) is 5.10 Å². The van der Waals surface area contributed by atoms with Gasteiger partial charge in [-0.1, -0.05) is 17.7 Å². The lowest BCUT2D eigenvalue weighted by Crippen LogP contribution is -2.45. The highest BCUT2D eigenvalue weighted by atomic mass is 35.5. The second kappa shape index (κ2) is 25.7. The van der Waals surface area contributed by atoms with Crippen LogP contribution in [-0.4, -0.2) is 164 Å². The maximum Gasteiger partial charge on any atom is 0.257 e. The number of nitrogens with zero attached hydrogens (tertiary/aromatic N) is 8. The monoisotopic (exact) mass is 857 g/mol. The van der Waals surface area contributed by atoms with Gasteiger partial charge in [0.05, 0.1) is 110 Å². The van der Waals surface area contributed by atoms with Crippen molar-refractivity contribution in [1.82, 2.24) is 39.4 Å². The molecule has 330 valence electrons. The van der Waals surface area contributed by atoms with Gasteiger partial charge in [0, 0.05) is 44.2 Å². The first-order chi connectivity index (χ1) is 29.6. The topological polar surface area (TPSA) is 173 Å². The Morgan fingerprint density at radius 2 is 1.42 bits per heavy atom. The smallest absolute Gasteiger partial charge is 0.257 e. The molecule has 4 aromatic rings. The maximum atomic E-state index is 6.50. The predicted octanol–water partition coefficient (Wildman–Crippen LogP) is 4.72. The Morgan fingerprint density at radius 3 is 2.03 bits per heavy atom. The number of morpholine rings is 1. The first kappa shape index (κ1) is 45.5. The average molecular weight is 858 g/mol. The van der Waals surface area contributed by atoms with Crippen molar-refractivity contribution in [2.75, 3.05) is 118 Å². The molecule has 19 heteroatoms. The molecule has 1 saturated heterocycles. The molecule has 3 aromatic heterocycles. The van der Waals surface area contributed by atoms with Crippen LogP contribution in [0.1, 0.15) is 38.6 Å². The van der Waals surface area contributed by atoms with Crippen LogP contribution in [0.3, 0.4) is 0 Å². The summed E-state index contributed by atoms with van der Waals surface area (Å²) in [4.78, 5) is 15.8. The maximum absolute atomic E-state index is 6.50. The lowest BCUT2D eigenvalue weighted by Gasteiger charge is -2.38. The van der Waals surface area contributed by atoms with Crippen LogP contribution in [0.15, 0.2) is 49.4 Å². The molecule has 0 unspecified atom stereocenters. The van der Waals surface area contributed by atoms with Crippen LogP contribution in [0.4, 0.5) is 11.6 Å². The molecule has 1 atom stereocenters. The van der Waals surface area contributed by atoms with Crippen LogP contribution in [0.25, 0.3) is 11.1 Å². The first-order valence-corrected chi connectivity index (χ1v) is 21.2. The van der Waals surface area contributed by atoms with Crippen molar-refractivity contribution in [3.63, 3.8) is 0 Å². The number of methoxy groups -OCH3 is 1. The highest BCUT2D eigenvalue weighted by Gasteiger charge is 2.29. The van der Waals surface area contributed by atoms with Crippen LogP contribution in [-0.2, 0) is 39.7 Å². The molecule has 1 aromatic carbocycles. The third-order valence-electron chi connectivity index (χ3n) is 10.1. The Bertz CT molecular complexity index is 1760. The third kappa shape index (κ3) is 15.2. The fraction of sp³-hybridized carbons (Fsp3) is 0.634. The summed E-state index contributed by atoms with van der Waals surface area (Å²) in [6, 6.07) is 6.46. The zero-order valence-corrected chi connectivity index (χ0v) is 35.6. The summed E-state index contributed by atoms with van der Waals surface area (Å²) in [5.74, 6) is 1.45. The number of hydrogen-bond acceptors (Lipinski definition) is 16. The molecule has 1 saturated carbocycles. The van der Waals surface area contributed by atoms with Gasteiger partial charge in [0.15, 0.2) is 0 Å². The van der Waals surface area contributed by atoms with E-state index in [0.29, 0.717) is 120 Å². The summed E-state index contributed by atoms with van der Waals surface area (Å²) < 4.78 is 54.4. The van der Waals surface area contributed by atoms with E-state index in [2.05, 4.69) is 30.3 Å². The standard InChI is InChI=1S/C41H60ClN9O9/c1-32(28-50-31-43-30-46-50)60-39-25-33(3-8-37(39)42)34-26-44-41(45-27-34)47-38-29-51(36-6-4-35(5-7-36)49-9-11-53-12-10-49)48-40(38)59-24-23-58-22-21-57-20-19-56-18-17-55-16-15-54-14-13-52-2/h3,8,25-27,29-32,35-36H,4-7,9-24,28H2,1-2H3,(H,44,45,47)/t32-,35?,36?/m0/s1. The van der Waals surface area contributed by atoms with Gasteiger partial charge in [0.25, 0.3) is 5.88 Å². The fourth-order valence-electron chi connectivity index (χ4n) is 6.99. The van der Waals surface area contributed by atoms with E-state index >= 15 is 0 Å². The van der Waals surface area contributed by atoms with Gasteiger partial charge < -0.3 is 47.9 Å². The van der Waals surface area contributed by atoms with Crippen molar-refractivity contribution >= 4 is 23.2 Å². The molecular weight excluding hydrogens is 798 g/mol. The number of hydrogen-bond donors (Lipinski definition) is 1. The number of ether oxygens (including phenoxy) is 9. The van der Waals surface area contributed by atoms with E-state index in [9.17, 15) is 0 Å². The SMILES string of the molecule is COCCOCCOCCOCCOCCOCCOc1nn(C2CCC(N3CCOCC3)CC2)cc1Nc1ncc(-c2ccc(Cl)c(O[C@@H](C)Cn3cncn3)c2)cn1. The highest BCUT2D eigenvalue weighted by Crippen LogP contribution is 2.35. The number of aromatic nitrogens is 7. The molecule has 60 heavy (non-hydrogen) atoms. The minimum Gasteiger partial charge on any atom is -0.487 e. The second-order valence-corrected chi connectivity index (χ2v) is 14.9. The molecule has 1 aliphatic carbocycles. The number of nitrogens with one attached hydrogen (secondary N) is 1. The first-order valence-electron chi connectivity index (χ1n) is 20.8. The molecule has 18 nitrogen and oxygen atoms in total. The van der Waals surface area contributed by atoms with Crippen molar-refractivity contribution in [1.29, 1.82) is 0 Å². The Labute approximate surface area is 357 Å². The van der Waals surface area contributed by atoms with Crippen molar-refractivity contribution in [3.05, 3.63) is 54.5 Å². The summed E-state index contributed by atoms with van der Waals surface area (Å²) in [7, 11) is 1.65. The van der Waals surface area contributed by atoms with E-state index in [1.807, 2.05) is 36.0 Å². The minimum absolute atomic E-state index is 0.184. The Morgan fingerprint density at radius 1 is 0.800 bits per heavy atom. The van der Waals surface area contributed by atoms with Crippen molar-refractivity contribution in [2.45, 2.75) is 57.3 Å². The van der Waals surface area contributed by atoms with E-state index < -0.39 is 0 Å². The lowest BCUT2D eigenvalue weighted by atomic mass is 9.90.